The zero-order chi connectivity index (χ0) is 12.6. The van der Waals surface area contributed by atoms with Crippen molar-refractivity contribution < 1.29 is 4.79 Å². The van der Waals surface area contributed by atoms with E-state index >= 15 is 0 Å². The Bertz CT molecular complexity index is 465. The summed E-state index contributed by atoms with van der Waals surface area (Å²) >= 11 is 0. The van der Waals surface area contributed by atoms with E-state index in [4.69, 9.17) is 0 Å². The quantitative estimate of drug-likeness (QED) is 0.828. The van der Waals surface area contributed by atoms with Crippen LogP contribution in [0.3, 0.4) is 0 Å². The fourth-order valence-electron chi connectivity index (χ4n) is 1.66. The maximum Gasteiger partial charge on any atom is 0.315 e. The van der Waals surface area contributed by atoms with Gasteiger partial charge in [0.05, 0.1) is 0 Å². The highest BCUT2D eigenvalue weighted by atomic mass is 16.2. The molecule has 1 aromatic carbocycles. The van der Waals surface area contributed by atoms with Crippen molar-refractivity contribution in [3.05, 3.63) is 60.4 Å². The van der Waals surface area contributed by atoms with Gasteiger partial charge in [0, 0.05) is 32.0 Å². The van der Waals surface area contributed by atoms with Crippen LogP contribution in [0.5, 0.6) is 0 Å². The third kappa shape index (κ3) is 3.97. The molecule has 0 spiro atoms. The summed E-state index contributed by atoms with van der Waals surface area (Å²) in [5.74, 6) is 0. The van der Waals surface area contributed by atoms with Gasteiger partial charge in [-0.15, -0.1) is 0 Å². The molecule has 0 radical (unpaired) electrons. The van der Waals surface area contributed by atoms with E-state index in [0.717, 1.165) is 12.1 Å². The minimum atomic E-state index is -0.133. The van der Waals surface area contributed by atoms with Crippen molar-refractivity contribution in [2.24, 2.45) is 0 Å². The number of hydrogen-bond donors (Lipinski definition) is 2. The molecular formula is C14H17N3O. The van der Waals surface area contributed by atoms with Gasteiger partial charge in [-0.05, 0) is 17.7 Å². The molecule has 2 N–H and O–H groups in total. The maximum absolute atomic E-state index is 11.5. The Hall–Kier alpha value is -2.23. The zero-order valence-corrected chi connectivity index (χ0v) is 10.2. The molecule has 0 saturated heterocycles. The fourth-order valence-corrected chi connectivity index (χ4v) is 1.66. The highest BCUT2D eigenvalue weighted by Crippen LogP contribution is 1.96. The lowest BCUT2D eigenvalue weighted by molar-refractivity contribution is 0.240. The minimum absolute atomic E-state index is 0.133. The van der Waals surface area contributed by atoms with Crippen LogP contribution >= 0.6 is 0 Å². The van der Waals surface area contributed by atoms with Crippen molar-refractivity contribution in [2.45, 2.75) is 13.1 Å². The number of rotatable bonds is 5. The predicted octanol–water partition coefficient (Wildman–Crippen LogP) is 1.99. The Morgan fingerprint density at radius 3 is 2.44 bits per heavy atom. The second-order valence-electron chi connectivity index (χ2n) is 4.02. The summed E-state index contributed by atoms with van der Waals surface area (Å²) in [6.45, 7) is 1.96. The molecule has 0 aliphatic carbocycles. The highest BCUT2D eigenvalue weighted by Gasteiger charge is 1.99. The lowest BCUT2D eigenvalue weighted by Gasteiger charge is -2.08. The zero-order valence-electron chi connectivity index (χ0n) is 10.2. The second-order valence-corrected chi connectivity index (χ2v) is 4.02. The first-order chi connectivity index (χ1) is 8.84. The van der Waals surface area contributed by atoms with Crippen LogP contribution in [-0.4, -0.2) is 17.1 Å². The lowest BCUT2D eigenvalue weighted by Crippen LogP contribution is -2.36. The first kappa shape index (κ1) is 12.2. The van der Waals surface area contributed by atoms with Crippen LogP contribution in [0.15, 0.2) is 54.9 Å². The molecule has 2 aromatic rings. The number of hydrogen-bond acceptors (Lipinski definition) is 1. The summed E-state index contributed by atoms with van der Waals surface area (Å²) in [7, 11) is 0. The number of amides is 2. The Morgan fingerprint density at radius 1 is 1.00 bits per heavy atom. The van der Waals surface area contributed by atoms with Crippen molar-refractivity contribution in [2.75, 3.05) is 6.54 Å². The summed E-state index contributed by atoms with van der Waals surface area (Å²) < 4.78 is 2.03. The molecular weight excluding hydrogens is 226 g/mol. The number of aromatic nitrogens is 1. The van der Waals surface area contributed by atoms with Gasteiger partial charge in [-0.25, -0.2) is 4.79 Å². The van der Waals surface area contributed by atoms with E-state index < -0.39 is 0 Å². The number of nitrogens with zero attached hydrogens (tertiary/aromatic N) is 1. The van der Waals surface area contributed by atoms with Crippen molar-refractivity contribution in [1.29, 1.82) is 0 Å². The Kier molecular flexibility index (Phi) is 4.41. The molecule has 2 amide bonds. The van der Waals surface area contributed by atoms with Gasteiger partial charge in [-0.1, -0.05) is 30.3 Å². The van der Waals surface area contributed by atoms with Crippen molar-refractivity contribution >= 4 is 6.03 Å². The Labute approximate surface area is 107 Å². The lowest BCUT2D eigenvalue weighted by atomic mass is 10.2. The molecule has 94 valence electrons. The van der Waals surface area contributed by atoms with Gasteiger partial charge in [0.15, 0.2) is 0 Å². The molecule has 0 bridgehead atoms. The normalized spacial score (nSPS) is 10.0. The van der Waals surface area contributed by atoms with Gasteiger partial charge in [0.25, 0.3) is 0 Å². The summed E-state index contributed by atoms with van der Waals surface area (Å²) in [6.07, 6.45) is 3.95. The summed E-state index contributed by atoms with van der Waals surface area (Å²) in [5, 5.41) is 5.64. The summed E-state index contributed by atoms with van der Waals surface area (Å²) in [6, 6.07) is 13.7. The third-order valence-corrected chi connectivity index (χ3v) is 2.62. The SMILES string of the molecule is O=C(NCCn1cccc1)NCc1ccccc1. The molecule has 0 aliphatic heterocycles. The Morgan fingerprint density at radius 2 is 1.72 bits per heavy atom. The molecule has 0 saturated carbocycles. The van der Waals surface area contributed by atoms with E-state index in [0.29, 0.717) is 13.1 Å². The average molecular weight is 243 g/mol. The van der Waals surface area contributed by atoms with E-state index in [1.54, 1.807) is 0 Å². The number of nitrogens with one attached hydrogen (secondary N) is 2. The van der Waals surface area contributed by atoms with E-state index in [1.165, 1.54) is 0 Å². The van der Waals surface area contributed by atoms with Crippen LogP contribution in [0.4, 0.5) is 4.79 Å². The molecule has 18 heavy (non-hydrogen) atoms. The molecule has 4 nitrogen and oxygen atoms in total. The fraction of sp³-hybridized carbons (Fsp3) is 0.214. The van der Waals surface area contributed by atoms with Gasteiger partial charge in [0.2, 0.25) is 0 Å². The van der Waals surface area contributed by atoms with Crippen LogP contribution in [-0.2, 0) is 13.1 Å². The molecule has 0 unspecified atom stereocenters. The molecule has 1 heterocycles. The van der Waals surface area contributed by atoms with Gasteiger partial charge in [-0.3, -0.25) is 0 Å². The molecule has 2 rings (SSSR count). The number of carbonyl (C=O) groups is 1. The van der Waals surface area contributed by atoms with E-state index in [9.17, 15) is 4.79 Å². The van der Waals surface area contributed by atoms with Gasteiger partial charge >= 0.3 is 6.03 Å². The standard InChI is InChI=1S/C14H17N3O/c18-14(15-8-11-17-9-4-5-10-17)16-12-13-6-2-1-3-7-13/h1-7,9-10H,8,11-12H2,(H2,15,16,18). The first-order valence-corrected chi connectivity index (χ1v) is 6.01. The third-order valence-electron chi connectivity index (χ3n) is 2.62. The van der Waals surface area contributed by atoms with Crippen LogP contribution in [0.2, 0.25) is 0 Å². The topological polar surface area (TPSA) is 46.1 Å². The number of benzene rings is 1. The minimum Gasteiger partial charge on any atom is -0.353 e. The van der Waals surface area contributed by atoms with Crippen LogP contribution < -0.4 is 10.6 Å². The highest BCUT2D eigenvalue weighted by molar-refractivity contribution is 5.73. The van der Waals surface area contributed by atoms with E-state index in [-0.39, 0.29) is 6.03 Å². The molecule has 0 fully saturated rings. The second kappa shape index (κ2) is 6.49. The van der Waals surface area contributed by atoms with E-state index in [2.05, 4.69) is 10.6 Å². The molecule has 0 aliphatic rings. The van der Waals surface area contributed by atoms with Gasteiger partial charge in [-0.2, -0.15) is 0 Å². The number of carbonyl (C=O) groups excluding carboxylic acids is 1. The van der Waals surface area contributed by atoms with Gasteiger partial charge < -0.3 is 15.2 Å². The molecule has 0 atom stereocenters. The molecule has 4 heteroatoms. The van der Waals surface area contributed by atoms with Crippen LogP contribution in [0, 0.1) is 0 Å². The predicted molar refractivity (Wildman–Crippen MR) is 71.1 cm³/mol. The van der Waals surface area contributed by atoms with Gasteiger partial charge in [0.1, 0.15) is 0 Å². The van der Waals surface area contributed by atoms with Crippen molar-refractivity contribution in [3.63, 3.8) is 0 Å². The largest absolute Gasteiger partial charge is 0.353 e. The first-order valence-electron chi connectivity index (χ1n) is 6.01. The van der Waals surface area contributed by atoms with Crippen molar-refractivity contribution in [3.8, 4) is 0 Å². The average Bonchev–Trinajstić information content (AvgIpc) is 2.91. The van der Waals surface area contributed by atoms with Crippen LogP contribution in [0.1, 0.15) is 5.56 Å². The Balaban J connectivity index is 1.63. The number of urea groups is 1. The smallest absolute Gasteiger partial charge is 0.315 e. The summed E-state index contributed by atoms with van der Waals surface area (Å²) in [5.41, 5.74) is 1.10. The monoisotopic (exact) mass is 243 g/mol. The molecule has 1 aromatic heterocycles. The van der Waals surface area contributed by atoms with Crippen LogP contribution in [0.25, 0.3) is 0 Å². The van der Waals surface area contributed by atoms with E-state index in [1.807, 2.05) is 59.4 Å². The summed E-state index contributed by atoms with van der Waals surface area (Å²) in [4.78, 5) is 11.5. The van der Waals surface area contributed by atoms with Crippen molar-refractivity contribution in [1.82, 2.24) is 15.2 Å². The maximum atomic E-state index is 11.5.